The van der Waals surface area contributed by atoms with E-state index in [2.05, 4.69) is 4.98 Å². The lowest BCUT2D eigenvalue weighted by Gasteiger charge is -2.24. The normalized spacial score (nSPS) is 20.8. The highest BCUT2D eigenvalue weighted by atomic mass is 32.1. The molecule has 3 heterocycles. The van der Waals surface area contributed by atoms with Crippen LogP contribution >= 0.6 is 11.3 Å². The van der Waals surface area contributed by atoms with Gasteiger partial charge in [-0.15, -0.1) is 11.3 Å². The molecule has 0 aromatic carbocycles. The molecule has 1 unspecified atom stereocenters. The summed E-state index contributed by atoms with van der Waals surface area (Å²) in [5, 5.41) is 1.98. The van der Waals surface area contributed by atoms with E-state index in [1.54, 1.807) is 11.3 Å². The van der Waals surface area contributed by atoms with Gasteiger partial charge in [0.15, 0.2) is 5.69 Å². The average Bonchev–Trinajstić information content (AvgIpc) is 3.00. The molecule has 2 aromatic heterocycles. The SMILES string of the molecule is Cc1oc(-c2cccs2)nc1C(=O)N(CC1CCOC1)C1CC1. The lowest BCUT2D eigenvalue weighted by Crippen LogP contribution is -2.38. The standard InChI is InChI=1S/C17H20N2O3S/c1-11-15(18-16(22-11)14-3-2-8-23-14)17(20)19(13-4-5-13)9-12-6-7-21-10-12/h2-3,8,12-13H,4-7,9-10H2,1H3. The minimum absolute atomic E-state index is 0.00320. The quantitative estimate of drug-likeness (QED) is 0.842. The van der Waals surface area contributed by atoms with Crippen molar-refractivity contribution < 1.29 is 13.9 Å². The van der Waals surface area contributed by atoms with E-state index in [-0.39, 0.29) is 5.91 Å². The Morgan fingerprint density at radius 2 is 2.30 bits per heavy atom. The van der Waals surface area contributed by atoms with Crippen molar-refractivity contribution in [1.82, 2.24) is 9.88 Å². The number of carbonyl (C=O) groups is 1. The summed E-state index contributed by atoms with van der Waals surface area (Å²) in [4.78, 5) is 20.4. The number of oxazole rings is 1. The molecule has 1 amide bonds. The van der Waals surface area contributed by atoms with Gasteiger partial charge in [0.1, 0.15) is 5.76 Å². The van der Waals surface area contributed by atoms with Crippen LogP contribution in [0.1, 0.15) is 35.5 Å². The zero-order valence-electron chi connectivity index (χ0n) is 13.2. The third-order valence-electron chi connectivity index (χ3n) is 4.46. The van der Waals surface area contributed by atoms with Gasteiger partial charge in [0.2, 0.25) is 5.89 Å². The first-order valence-corrected chi connectivity index (χ1v) is 9.00. The molecule has 2 fully saturated rings. The molecule has 122 valence electrons. The number of ether oxygens (including phenoxy) is 1. The maximum absolute atomic E-state index is 13.0. The van der Waals surface area contributed by atoms with Crippen molar-refractivity contribution in [2.45, 2.75) is 32.2 Å². The van der Waals surface area contributed by atoms with Crippen LogP contribution in [0.3, 0.4) is 0 Å². The van der Waals surface area contributed by atoms with Crippen LogP contribution in [-0.2, 0) is 4.74 Å². The Hall–Kier alpha value is -1.66. The van der Waals surface area contributed by atoms with Crippen molar-refractivity contribution in [3.63, 3.8) is 0 Å². The summed E-state index contributed by atoms with van der Waals surface area (Å²) < 4.78 is 11.2. The van der Waals surface area contributed by atoms with Gasteiger partial charge in [-0.1, -0.05) is 6.07 Å². The number of thiophene rings is 1. The summed E-state index contributed by atoms with van der Waals surface area (Å²) >= 11 is 1.57. The Labute approximate surface area is 139 Å². The first-order chi connectivity index (χ1) is 11.2. The molecule has 1 saturated carbocycles. The minimum atomic E-state index is 0.00320. The lowest BCUT2D eigenvalue weighted by atomic mass is 10.1. The van der Waals surface area contributed by atoms with Crippen LogP contribution in [0.2, 0.25) is 0 Å². The highest BCUT2D eigenvalue weighted by molar-refractivity contribution is 7.13. The van der Waals surface area contributed by atoms with Crippen molar-refractivity contribution in [3.8, 4) is 10.8 Å². The van der Waals surface area contributed by atoms with E-state index in [0.29, 0.717) is 29.3 Å². The van der Waals surface area contributed by atoms with E-state index in [4.69, 9.17) is 9.15 Å². The molecule has 0 radical (unpaired) electrons. The first kappa shape index (κ1) is 14.9. The third-order valence-corrected chi connectivity index (χ3v) is 5.32. The van der Waals surface area contributed by atoms with Crippen LogP contribution in [0, 0.1) is 12.8 Å². The molecule has 5 nitrogen and oxygen atoms in total. The highest BCUT2D eigenvalue weighted by Crippen LogP contribution is 2.32. The monoisotopic (exact) mass is 332 g/mol. The van der Waals surface area contributed by atoms with Crippen molar-refractivity contribution in [1.29, 1.82) is 0 Å². The number of nitrogens with zero attached hydrogens (tertiary/aromatic N) is 2. The van der Waals surface area contributed by atoms with E-state index in [0.717, 1.165) is 43.9 Å². The Bertz CT molecular complexity index is 685. The summed E-state index contributed by atoms with van der Waals surface area (Å²) in [7, 11) is 0. The fraction of sp³-hybridized carbons (Fsp3) is 0.529. The fourth-order valence-electron chi connectivity index (χ4n) is 3.03. The number of hydrogen-bond donors (Lipinski definition) is 0. The lowest BCUT2D eigenvalue weighted by molar-refractivity contribution is 0.0699. The smallest absolute Gasteiger partial charge is 0.276 e. The molecule has 1 saturated heterocycles. The van der Waals surface area contributed by atoms with Crippen molar-refractivity contribution in [2.75, 3.05) is 19.8 Å². The molecular formula is C17H20N2O3S. The predicted octanol–water partition coefficient (Wildman–Crippen LogP) is 3.35. The molecule has 4 rings (SSSR count). The van der Waals surface area contributed by atoms with Gasteiger partial charge in [-0.05, 0) is 37.6 Å². The molecule has 1 atom stereocenters. The topological polar surface area (TPSA) is 55.6 Å². The zero-order valence-corrected chi connectivity index (χ0v) is 14.0. The zero-order chi connectivity index (χ0) is 15.8. The van der Waals surface area contributed by atoms with Crippen LogP contribution in [-0.4, -0.2) is 41.6 Å². The first-order valence-electron chi connectivity index (χ1n) is 8.12. The Morgan fingerprint density at radius 1 is 1.43 bits per heavy atom. The van der Waals surface area contributed by atoms with E-state index in [1.807, 2.05) is 29.3 Å². The average molecular weight is 332 g/mol. The van der Waals surface area contributed by atoms with Crippen LogP contribution in [0.5, 0.6) is 0 Å². The number of carbonyl (C=O) groups excluding carboxylic acids is 1. The van der Waals surface area contributed by atoms with E-state index in [9.17, 15) is 4.79 Å². The number of amides is 1. The second kappa shape index (κ2) is 6.09. The summed E-state index contributed by atoms with van der Waals surface area (Å²) in [6.45, 7) is 4.16. The maximum Gasteiger partial charge on any atom is 0.276 e. The Balaban J connectivity index is 1.56. The van der Waals surface area contributed by atoms with Crippen molar-refractivity contribution in [2.24, 2.45) is 5.92 Å². The second-order valence-corrected chi connectivity index (χ2v) is 7.27. The molecular weight excluding hydrogens is 312 g/mol. The van der Waals surface area contributed by atoms with Gasteiger partial charge in [0, 0.05) is 25.1 Å². The van der Waals surface area contributed by atoms with Crippen LogP contribution < -0.4 is 0 Å². The third kappa shape index (κ3) is 3.05. The molecule has 1 aliphatic heterocycles. The van der Waals surface area contributed by atoms with Gasteiger partial charge in [0.05, 0.1) is 11.5 Å². The number of hydrogen-bond acceptors (Lipinski definition) is 5. The Kier molecular flexibility index (Phi) is 3.95. The Morgan fingerprint density at radius 3 is 2.96 bits per heavy atom. The predicted molar refractivity (Wildman–Crippen MR) is 87.5 cm³/mol. The van der Waals surface area contributed by atoms with Gasteiger partial charge >= 0.3 is 0 Å². The van der Waals surface area contributed by atoms with Crippen LogP contribution in [0.4, 0.5) is 0 Å². The molecule has 23 heavy (non-hydrogen) atoms. The molecule has 6 heteroatoms. The summed E-state index contributed by atoms with van der Waals surface area (Å²) in [5.41, 5.74) is 0.458. The van der Waals surface area contributed by atoms with Gasteiger partial charge < -0.3 is 14.1 Å². The van der Waals surface area contributed by atoms with Gasteiger partial charge in [-0.2, -0.15) is 0 Å². The highest BCUT2D eigenvalue weighted by Gasteiger charge is 2.37. The van der Waals surface area contributed by atoms with Crippen molar-refractivity contribution >= 4 is 17.2 Å². The largest absolute Gasteiger partial charge is 0.440 e. The van der Waals surface area contributed by atoms with Gasteiger partial charge in [0.25, 0.3) is 5.91 Å². The number of rotatable bonds is 5. The number of aryl methyl sites for hydroxylation is 1. The van der Waals surface area contributed by atoms with Crippen LogP contribution in [0.15, 0.2) is 21.9 Å². The number of aromatic nitrogens is 1. The molecule has 1 aliphatic carbocycles. The minimum Gasteiger partial charge on any atom is -0.440 e. The summed E-state index contributed by atoms with van der Waals surface area (Å²) in [6.07, 6.45) is 3.22. The maximum atomic E-state index is 13.0. The molecule has 0 spiro atoms. The van der Waals surface area contributed by atoms with Gasteiger partial charge in [-0.25, -0.2) is 4.98 Å². The summed E-state index contributed by atoms with van der Waals surface area (Å²) in [6, 6.07) is 4.28. The van der Waals surface area contributed by atoms with E-state index in [1.165, 1.54) is 0 Å². The molecule has 2 aromatic rings. The summed E-state index contributed by atoms with van der Waals surface area (Å²) in [5.74, 6) is 1.60. The second-order valence-electron chi connectivity index (χ2n) is 6.32. The van der Waals surface area contributed by atoms with Crippen molar-refractivity contribution in [3.05, 3.63) is 29.0 Å². The molecule has 2 aliphatic rings. The van der Waals surface area contributed by atoms with Gasteiger partial charge in [-0.3, -0.25) is 4.79 Å². The molecule has 0 bridgehead atoms. The van der Waals surface area contributed by atoms with E-state index < -0.39 is 0 Å². The molecule has 0 N–H and O–H groups in total. The fourth-order valence-corrected chi connectivity index (χ4v) is 3.68. The van der Waals surface area contributed by atoms with E-state index >= 15 is 0 Å². The van der Waals surface area contributed by atoms with Crippen LogP contribution in [0.25, 0.3) is 10.8 Å².